The lowest BCUT2D eigenvalue weighted by Gasteiger charge is -2.10. The number of halogens is 1. The molecule has 1 aromatic carbocycles. The molecular weight excluding hydrogens is 292 g/mol. The summed E-state index contributed by atoms with van der Waals surface area (Å²) in [5.41, 5.74) is 7.68. The molecule has 0 bridgehead atoms. The number of aromatic nitrogens is 1. The zero-order valence-corrected chi connectivity index (χ0v) is 11.6. The predicted molar refractivity (Wildman–Crippen MR) is 76.6 cm³/mol. The number of nitrogens with two attached hydrogens (primary N) is 1. The third kappa shape index (κ3) is 3.47. The third-order valence-electron chi connectivity index (χ3n) is 2.58. The average molecular weight is 307 g/mol. The number of nitrogens with zero attached hydrogens (tertiary/aromatic N) is 1. The number of nitrogen functional groups attached to an aromatic ring is 1. The Hall–Kier alpha value is -1.55. The standard InChI is InChI=1S/C14H15BrN2O/c15-12-9-17-10-13(16)14(12)18-8-4-7-11-5-2-1-3-6-11/h1-3,5-6,9-10H,4,7-8,16H2. The SMILES string of the molecule is Nc1cncc(Br)c1OCCCc1ccccc1. The number of hydrogen-bond donors (Lipinski definition) is 1. The molecule has 94 valence electrons. The highest BCUT2D eigenvalue weighted by Crippen LogP contribution is 2.29. The summed E-state index contributed by atoms with van der Waals surface area (Å²) in [6.07, 6.45) is 5.24. The van der Waals surface area contributed by atoms with E-state index in [1.54, 1.807) is 12.4 Å². The van der Waals surface area contributed by atoms with Crippen LogP contribution in [0.25, 0.3) is 0 Å². The lowest BCUT2D eigenvalue weighted by atomic mass is 10.1. The second kappa shape index (κ2) is 6.40. The van der Waals surface area contributed by atoms with Gasteiger partial charge >= 0.3 is 0 Å². The first kappa shape index (κ1) is 12.9. The number of pyridine rings is 1. The molecule has 0 aliphatic heterocycles. The zero-order valence-electron chi connectivity index (χ0n) is 9.97. The van der Waals surface area contributed by atoms with Gasteiger partial charge in [0, 0.05) is 6.20 Å². The Morgan fingerprint density at radius 2 is 1.94 bits per heavy atom. The highest BCUT2D eigenvalue weighted by Gasteiger charge is 2.05. The average Bonchev–Trinajstić information content (AvgIpc) is 2.38. The van der Waals surface area contributed by atoms with Crippen molar-refractivity contribution in [1.82, 2.24) is 4.98 Å². The van der Waals surface area contributed by atoms with Crippen LogP contribution < -0.4 is 10.5 Å². The van der Waals surface area contributed by atoms with Gasteiger partial charge in [-0.15, -0.1) is 0 Å². The minimum Gasteiger partial charge on any atom is -0.490 e. The number of ether oxygens (including phenoxy) is 1. The molecule has 0 saturated carbocycles. The minimum absolute atomic E-state index is 0.559. The molecule has 2 N–H and O–H groups in total. The van der Waals surface area contributed by atoms with E-state index in [1.165, 1.54) is 5.56 Å². The van der Waals surface area contributed by atoms with E-state index >= 15 is 0 Å². The summed E-state index contributed by atoms with van der Waals surface area (Å²) in [5.74, 6) is 0.679. The Morgan fingerprint density at radius 1 is 1.17 bits per heavy atom. The fourth-order valence-corrected chi connectivity index (χ4v) is 2.15. The van der Waals surface area contributed by atoms with Crippen LogP contribution >= 0.6 is 15.9 Å². The molecule has 4 heteroatoms. The molecule has 0 aliphatic rings. The van der Waals surface area contributed by atoms with Crippen LogP contribution in [-0.2, 0) is 6.42 Å². The van der Waals surface area contributed by atoms with Crippen LogP contribution in [0.3, 0.4) is 0 Å². The Labute approximate surface area is 115 Å². The molecule has 0 unspecified atom stereocenters. The van der Waals surface area contributed by atoms with Gasteiger partial charge in [-0.2, -0.15) is 0 Å². The quantitative estimate of drug-likeness (QED) is 0.861. The summed E-state index contributed by atoms with van der Waals surface area (Å²) in [5, 5.41) is 0. The zero-order chi connectivity index (χ0) is 12.8. The Bertz CT molecular complexity index is 482. The van der Waals surface area contributed by atoms with Gasteiger partial charge in [-0.25, -0.2) is 0 Å². The molecule has 0 saturated heterocycles. The lowest BCUT2D eigenvalue weighted by Crippen LogP contribution is -2.03. The van der Waals surface area contributed by atoms with Crippen molar-refractivity contribution in [2.24, 2.45) is 0 Å². The molecule has 1 aromatic heterocycles. The Kier molecular flexibility index (Phi) is 4.59. The summed E-state index contributed by atoms with van der Waals surface area (Å²) >= 11 is 3.38. The van der Waals surface area contributed by atoms with Crippen molar-refractivity contribution in [2.75, 3.05) is 12.3 Å². The van der Waals surface area contributed by atoms with Crippen molar-refractivity contribution >= 4 is 21.6 Å². The first-order chi connectivity index (χ1) is 8.77. The van der Waals surface area contributed by atoms with E-state index in [1.807, 2.05) is 18.2 Å². The van der Waals surface area contributed by atoms with Crippen molar-refractivity contribution in [3.8, 4) is 5.75 Å². The maximum absolute atomic E-state index is 5.80. The highest BCUT2D eigenvalue weighted by atomic mass is 79.9. The first-order valence-electron chi connectivity index (χ1n) is 5.83. The fourth-order valence-electron chi connectivity index (χ4n) is 1.69. The van der Waals surface area contributed by atoms with E-state index in [0.717, 1.165) is 17.3 Å². The van der Waals surface area contributed by atoms with Gasteiger partial charge in [-0.05, 0) is 34.3 Å². The number of hydrogen-bond acceptors (Lipinski definition) is 3. The minimum atomic E-state index is 0.559. The number of aryl methyl sites for hydroxylation is 1. The summed E-state index contributed by atoms with van der Waals surface area (Å²) in [6.45, 7) is 0.641. The van der Waals surface area contributed by atoms with Gasteiger partial charge in [0.25, 0.3) is 0 Å². The van der Waals surface area contributed by atoms with E-state index in [9.17, 15) is 0 Å². The molecule has 18 heavy (non-hydrogen) atoms. The van der Waals surface area contributed by atoms with E-state index in [0.29, 0.717) is 18.0 Å². The van der Waals surface area contributed by atoms with Crippen LogP contribution in [0.15, 0.2) is 47.2 Å². The van der Waals surface area contributed by atoms with Gasteiger partial charge in [0.2, 0.25) is 0 Å². The van der Waals surface area contributed by atoms with Crippen LogP contribution in [0.4, 0.5) is 5.69 Å². The molecule has 2 rings (SSSR count). The molecule has 3 nitrogen and oxygen atoms in total. The largest absolute Gasteiger partial charge is 0.490 e. The molecule has 2 aromatic rings. The monoisotopic (exact) mass is 306 g/mol. The predicted octanol–water partition coefficient (Wildman–Crippen LogP) is 3.44. The summed E-state index contributed by atoms with van der Waals surface area (Å²) in [4.78, 5) is 3.97. The number of benzene rings is 1. The van der Waals surface area contributed by atoms with Gasteiger partial charge in [0.15, 0.2) is 5.75 Å². The molecule has 0 aliphatic carbocycles. The first-order valence-corrected chi connectivity index (χ1v) is 6.62. The topological polar surface area (TPSA) is 48.1 Å². The van der Waals surface area contributed by atoms with Crippen LogP contribution in [0, 0.1) is 0 Å². The van der Waals surface area contributed by atoms with E-state index in [4.69, 9.17) is 10.5 Å². The Balaban J connectivity index is 1.82. The third-order valence-corrected chi connectivity index (χ3v) is 3.14. The number of anilines is 1. The van der Waals surface area contributed by atoms with Crippen LogP contribution in [0.5, 0.6) is 5.75 Å². The smallest absolute Gasteiger partial charge is 0.159 e. The molecule has 1 heterocycles. The fraction of sp³-hybridized carbons (Fsp3) is 0.214. The normalized spacial score (nSPS) is 10.3. The molecule has 0 amide bonds. The van der Waals surface area contributed by atoms with Crippen molar-refractivity contribution in [3.63, 3.8) is 0 Å². The van der Waals surface area contributed by atoms with E-state index < -0.39 is 0 Å². The lowest BCUT2D eigenvalue weighted by molar-refractivity contribution is 0.310. The van der Waals surface area contributed by atoms with Gasteiger partial charge in [0.1, 0.15) is 0 Å². The van der Waals surface area contributed by atoms with Gasteiger partial charge in [-0.3, -0.25) is 4.98 Å². The molecule has 0 radical (unpaired) electrons. The Morgan fingerprint density at radius 3 is 2.67 bits per heavy atom. The second-order valence-electron chi connectivity index (χ2n) is 3.98. The van der Waals surface area contributed by atoms with Crippen molar-refractivity contribution in [1.29, 1.82) is 0 Å². The maximum Gasteiger partial charge on any atom is 0.159 e. The summed E-state index contributed by atoms with van der Waals surface area (Å²) < 4.78 is 6.47. The van der Waals surface area contributed by atoms with Crippen LogP contribution in [-0.4, -0.2) is 11.6 Å². The second-order valence-corrected chi connectivity index (χ2v) is 4.83. The number of rotatable bonds is 5. The highest BCUT2D eigenvalue weighted by molar-refractivity contribution is 9.10. The molecule has 0 atom stereocenters. The maximum atomic E-state index is 5.80. The van der Waals surface area contributed by atoms with E-state index in [2.05, 4.69) is 33.0 Å². The van der Waals surface area contributed by atoms with Gasteiger partial charge < -0.3 is 10.5 Å². The van der Waals surface area contributed by atoms with Crippen molar-refractivity contribution in [3.05, 3.63) is 52.8 Å². The molecule has 0 spiro atoms. The van der Waals surface area contributed by atoms with Crippen molar-refractivity contribution in [2.45, 2.75) is 12.8 Å². The van der Waals surface area contributed by atoms with Crippen LogP contribution in [0.1, 0.15) is 12.0 Å². The molecular formula is C14H15BrN2O. The van der Waals surface area contributed by atoms with Crippen LogP contribution in [0.2, 0.25) is 0 Å². The van der Waals surface area contributed by atoms with E-state index in [-0.39, 0.29) is 0 Å². The summed E-state index contributed by atoms with van der Waals surface area (Å²) in [7, 11) is 0. The molecule has 0 fully saturated rings. The van der Waals surface area contributed by atoms with Crippen molar-refractivity contribution < 1.29 is 4.74 Å². The van der Waals surface area contributed by atoms with Gasteiger partial charge in [-0.1, -0.05) is 30.3 Å². The van der Waals surface area contributed by atoms with Gasteiger partial charge in [0.05, 0.1) is 23.0 Å². The summed E-state index contributed by atoms with van der Waals surface area (Å²) in [6, 6.07) is 10.4.